The molecule has 0 radical (unpaired) electrons. The van der Waals surface area contributed by atoms with Crippen LogP contribution in [0.25, 0.3) is 0 Å². The van der Waals surface area contributed by atoms with Crippen molar-refractivity contribution in [3.05, 3.63) is 21.6 Å². The van der Waals surface area contributed by atoms with Crippen LogP contribution in [-0.2, 0) is 11.3 Å². The number of rotatable bonds is 8. The summed E-state index contributed by atoms with van der Waals surface area (Å²) in [6.07, 6.45) is 3.80. The Morgan fingerprint density at radius 3 is 2.84 bits per heavy atom. The lowest BCUT2D eigenvalue weighted by Gasteiger charge is -2.10. The number of unbranched alkanes of at least 4 members (excludes halogenated alkanes) is 1. The quantitative estimate of drug-likeness (QED) is 0.747. The van der Waals surface area contributed by atoms with Crippen molar-refractivity contribution in [3.63, 3.8) is 0 Å². The second-order valence-electron chi connectivity index (χ2n) is 4.55. The molecule has 0 aliphatic carbocycles. The predicted octanol–water partition coefficient (Wildman–Crippen LogP) is 2.53. The van der Waals surface area contributed by atoms with Crippen molar-refractivity contribution in [2.75, 3.05) is 18.5 Å². The summed E-state index contributed by atoms with van der Waals surface area (Å²) >= 11 is 6.00. The first kappa shape index (κ1) is 16.0. The van der Waals surface area contributed by atoms with Crippen molar-refractivity contribution in [3.8, 4) is 0 Å². The van der Waals surface area contributed by atoms with Gasteiger partial charge >= 0.3 is 0 Å². The molecule has 5 nitrogen and oxygen atoms in total. The summed E-state index contributed by atoms with van der Waals surface area (Å²) in [4.78, 5) is 11.7. The SMILES string of the molecule is CCn1ncc(NCCCCOC(C)C)c(Cl)c1=O. The van der Waals surface area contributed by atoms with Gasteiger partial charge in [-0.3, -0.25) is 4.79 Å². The minimum Gasteiger partial charge on any atom is -0.382 e. The highest BCUT2D eigenvalue weighted by atomic mass is 35.5. The lowest BCUT2D eigenvalue weighted by molar-refractivity contribution is 0.0765. The molecule has 0 aromatic carbocycles. The maximum Gasteiger partial charge on any atom is 0.287 e. The molecule has 0 saturated carbocycles. The molecule has 1 aromatic rings. The van der Waals surface area contributed by atoms with E-state index in [0.717, 1.165) is 26.0 Å². The van der Waals surface area contributed by atoms with Gasteiger partial charge in [-0.25, -0.2) is 4.68 Å². The normalized spacial score (nSPS) is 11.0. The summed E-state index contributed by atoms with van der Waals surface area (Å²) in [5, 5.41) is 7.36. The minimum absolute atomic E-state index is 0.204. The van der Waals surface area contributed by atoms with Gasteiger partial charge in [0.25, 0.3) is 5.56 Å². The van der Waals surface area contributed by atoms with Crippen LogP contribution in [-0.4, -0.2) is 29.0 Å². The Kier molecular flexibility index (Phi) is 6.87. The number of ether oxygens (including phenoxy) is 1. The van der Waals surface area contributed by atoms with Crippen LogP contribution < -0.4 is 10.9 Å². The smallest absolute Gasteiger partial charge is 0.287 e. The molecular formula is C13H22ClN3O2. The fourth-order valence-electron chi connectivity index (χ4n) is 1.58. The Labute approximate surface area is 118 Å². The van der Waals surface area contributed by atoms with Gasteiger partial charge in [0.2, 0.25) is 0 Å². The first-order chi connectivity index (χ1) is 9.06. The van der Waals surface area contributed by atoms with Gasteiger partial charge in [0, 0.05) is 19.7 Å². The van der Waals surface area contributed by atoms with Crippen molar-refractivity contribution >= 4 is 17.3 Å². The highest BCUT2D eigenvalue weighted by Crippen LogP contribution is 2.15. The molecule has 1 rings (SSSR count). The standard InChI is InChI=1S/C13H22ClN3O2/c1-4-17-13(18)12(14)11(9-16-17)15-7-5-6-8-19-10(2)3/h9-10,15H,4-8H2,1-3H3. The average molecular weight is 288 g/mol. The topological polar surface area (TPSA) is 56.1 Å². The van der Waals surface area contributed by atoms with Gasteiger partial charge in [0.15, 0.2) is 0 Å². The Morgan fingerprint density at radius 1 is 1.47 bits per heavy atom. The molecule has 0 aliphatic rings. The number of halogens is 1. The maximum absolute atomic E-state index is 11.7. The van der Waals surface area contributed by atoms with Crippen molar-refractivity contribution in [1.29, 1.82) is 0 Å². The zero-order chi connectivity index (χ0) is 14.3. The number of nitrogens with zero attached hydrogens (tertiary/aromatic N) is 2. The largest absolute Gasteiger partial charge is 0.382 e. The van der Waals surface area contributed by atoms with E-state index in [9.17, 15) is 4.79 Å². The summed E-state index contributed by atoms with van der Waals surface area (Å²) in [5.74, 6) is 0. The van der Waals surface area contributed by atoms with Crippen LogP contribution in [0.3, 0.4) is 0 Å². The molecule has 0 amide bonds. The summed E-state index contributed by atoms with van der Waals surface area (Å²) in [6.45, 7) is 7.91. The van der Waals surface area contributed by atoms with Gasteiger partial charge in [0.1, 0.15) is 5.02 Å². The number of nitrogens with one attached hydrogen (secondary N) is 1. The van der Waals surface area contributed by atoms with Crippen LogP contribution in [0.1, 0.15) is 33.6 Å². The van der Waals surface area contributed by atoms with Crippen LogP contribution in [0, 0.1) is 0 Å². The highest BCUT2D eigenvalue weighted by molar-refractivity contribution is 6.32. The monoisotopic (exact) mass is 287 g/mol. The van der Waals surface area contributed by atoms with E-state index in [-0.39, 0.29) is 16.7 Å². The van der Waals surface area contributed by atoms with Crippen molar-refractivity contribution in [2.45, 2.75) is 46.3 Å². The van der Waals surface area contributed by atoms with E-state index in [1.165, 1.54) is 4.68 Å². The van der Waals surface area contributed by atoms with E-state index in [1.807, 2.05) is 20.8 Å². The minimum atomic E-state index is -0.252. The molecule has 1 N–H and O–H groups in total. The first-order valence-electron chi connectivity index (χ1n) is 6.67. The summed E-state index contributed by atoms with van der Waals surface area (Å²) < 4.78 is 6.78. The van der Waals surface area contributed by atoms with Gasteiger partial charge < -0.3 is 10.1 Å². The Morgan fingerprint density at radius 2 is 2.21 bits per heavy atom. The molecule has 0 spiro atoms. The maximum atomic E-state index is 11.7. The fourth-order valence-corrected chi connectivity index (χ4v) is 1.80. The second kappa shape index (κ2) is 8.17. The lowest BCUT2D eigenvalue weighted by Crippen LogP contribution is -2.23. The third kappa shape index (κ3) is 5.20. The number of hydrogen-bond acceptors (Lipinski definition) is 4. The first-order valence-corrected chi connectivity index (χ1v) is 7.05. The molecule has 108 valence electrons. The molecule has 0 bridgehead atoms. The Hall–Kier alpha value is -1.07. The molecular weight excluding hydrogens is 266 g/mol. The van der Waals surface area contributed by atoms with Gasteiger partial charge in [-0.2, -0.15) is 5.10 Å². The molecule has 1 aromatic heterocycles. The Bertz CT molecular complexity index is 446. The Balaban J connectivity index is 2.38. The van der Waals surface area contributed by atoms with Crippen molar-refractivity contribution in [2.24, 2.45) is 0 Å². The average Bonchev–Trinajstić information content (AvgIpc) is 2.38. The van der Waals surface area contributed by atoms with Crippen molar-refractivity contribution in [1.82, 2.24) is 9.78 Å². The van der Waals surface area contributed by atoms with Crippen LogP contribution in [0.2, 0.25) is 5.02 Å². The molecule has 0 fully saturated rings. The van der Waals surface area contributed by atoms with Crippen LogP contribution in [0.5, 0.6) is 0 Å². The van der Waals surface area contributed by atoms with Gasteiger partial charge in [-0.15, -0.1) is 0 Å². The number of anilines is 1. The number of aromatic nitrogens is 2. The molecule has 19 heavy (non-hydrogen) atoms. The summed E-state index contributed by atoms with van der Waals surface area (Å²) in [6, 6.07) is 0. The van der Waals surface area contributed by atoms with Gasteiger partial charge in [-0.1, -0.05) is 11.6 Å². The lowest BCUT2D eigenvalue weighted by atomic mass is 10.3. The molecule has 0 unspecified atom stereocenters. The van der Waals surface area contributed by atoms with Gasteiger partial charge in [0.05, 0.1) is 18.0 Å². The fraction of sp³-hybridized carbons (Fsp3) is 0.692. The van der Waals surface area contributed by atoms with Crippen LogP contribution >= 0.6 is 11.6 Å². The third-order valence-corrected chi connectivity index (χ3v) is 2.99. The molecule has 6 heteroatoms. The second-order valence-corrected chi connectivity index (χ2v) is 4.92. The van der Waals surface area contributed by atoms with Crippen LogP contribution in [0.4, 0.5) is 5.69 Å². The zero-order valence-electron chi connectivity index (χ0n) is 11.8. The zero-order valence-corrected chi connectivity index (χ0v) is 12.5. The molecule has 0 aliphatic heterocycles. The molecule has 1 heterocycles. The number of aryl methyl sites for hydroxylation is 1. The number of hydrogen-bond donors (Lipinski definition) is 1. The molecule has 0 atom stereocenters. The van der Waals surface area contributed by atoms with Crippen LogP contribution in [0.15, 0.2) is 11.0 Å². The highest BCUT2D eigenvalue weighted by Gasteiger charge is 2.07. The van der Waals surface area contributed by atoms with E-state index in [1.54, 1.807) is 6.20 Å². The molecule has 0 saturated heterocycles. The van der Waals surface area contributed by atoms with Gasteiger partial charge in [-0.05, 0) is 33.6 Å². The van der Waals surface area contributed by atoms with E-state index >= 15 is 0 Å². The van der Waals surface area contributed by atoms with E-state index in [4.69, 9.17) is 16.3 Å². The van der Waals surface area contributed by atoms with E-state index < -0.39 is 0 Å². The third-order valence-electron chi connectivity index (χ3n) is 2.62. The summed E-state index contributed by atoms with van der Waals surface area (Å²) in [7, 11) is 0. The van der Waals surface area contributed by atoms with E-state index in [0.29, 0.717) is 12.2 Å². The predicted molar refractivity (Wildman–Crippen MR) is 78.0 cm³/mol. The van der Waals surface area contributed by atoms with E-state index in [2.05, 4.69) is 10.4 Å². The van der Waals surface area contributed by atoms with Crippen molar-refractivity contribution < 1.29 is 4.74 Å². The summed E-state index contributed by atoms with van der Waals surface area (Å²) in [5.41, 5.74) is 0.346.